The van der Waals surface area contributed by atoms with Crippen molar-refractivity contribution >= 4 is 40.8 Å². The molecule has 0 bridgehead atoms. The number of fused-ring (bicyclic) bond motifs is 1. The highest BCUT2D eigenvalue weighted by Crippen LogP contribution is 2.40. The van der Waals surface area contributed by atoms with Gasteiger partial charge in [0.25, 0.3) is 0 Å². The summed E-state index contributed by atoms with van der Waals surface area (Å²) < 4.78 is 5.30. The van der Waals surface area contributed by atoms with E-state index in [-0.39, 0.29) is 6.03 Å². The van der Waals surface area contributed by atoms with Crippen LogP contribution in [-0.4, -0.2) is 24.9 Å². The Morgan fingerprint density at radius 3 is 2.92 bits per heavy atom. The van der Waals surface area contributed by atoms with Crippen LogP contribution in [0.4, 0.5) is 16.2 Å². The second kappa shape index (κ2) is 7.36. The first kappa shape index (κ1) is 17.0. The van der Waals surface area contributed by atoms with Gasteiger partial charge < -0.3 is 10.1 Å². The molecule has 0 saturated heterocycles. The molecule has 4 nitrogen and oxygen atoms in total. The molecule has 24 heavy (non-hydrogen) atoms. The molecule has 126 valence electrons. The van der Waals surface area contributed by atoms with E-state index >= 15 is 0 Å². The second-order valence-electron chi connectivity index (χ2n) is 5.50. The number of urea groups is 1. The molecule has 0 unspecified atom stereocenters. The number of hydrogen-bond acceptors (Lipinski definition) is 3. The molecule has 1 heterocycles. The minimum atomic E-state index is -0.179. The molecule has 0 saturated carbocycles. The third-order valence-electron chi connectivity index (χ3n) is 3.94. The number of nitrogens with one attached hydrogen (secondary N) is 1. The number of para-hydroxylation sites is 1. The van der Waals surface area contributed by atoms with Crippen LogP contribution in [0, 0.1) is 0 Å². The largest absolute Gasteiger partial charge is 0.495 e. The van der Waals surface area contributed by atoms with Crippen molar-refractivity contribution in [3.63, 3.8) is 0 Å². The van der Waals surface area contributed by atoms with Crippen LogP contribution in [0.3, 0.4) is 0 Å². The van der Waals surface area contributed by atoms with Gasteiger partial charge in [-0.25, -0.2) is 4.79 Å². The van der Waals surface area contributed by atoms with Crippen LogP contribution in [-0.2, 0) is 0 Å². The van der Waals surface area contributed by atoms with E-state index in [9.17, 15) is 4.79 Å². The summed E-state index contributed by atoms with van der Waals surface area (Å²) in [7, 11) is 1.57. The normalized spacial score (nSPS) is 16.5. The number of rotatable bonds is 3. The Hall–Kier alpha value is -1.85. The minimum absolute atomic E-state index is 0.179. The Morgan fingerprint density at radius 2 is 2.17 bits per heavy atom. The van der Waals surface area contributed by atoms with Gasteiger partial charge in [-0.2, -0.15) is 0 Å². The fourth-order valence-corrected chi connectivity index (χ4v) is 4.04. The molecule has 0 spiro atoms. The Balaban J connectivity index is 1.88. The van der Waals surface area contributed by atoms with Gasteiger partial charge in [0.2, 0.25) is 0 Å². The first-order valence-electron chi connectivity index (χ1n) is 7.80. The lowest BCUT2D eigenvalue weighted by Crippen LogP contribution is -2.41. The zero-order valence-corrected chi connectivity index (χ0v) is 15.2. The molecule has 1 aliphatic heterocycles. The van der Waals surface area contributed by atoms with Crippen LogP contribution in [0.25, 0.3) is 0 Å². The fraction of sp³-hybridized carbons (Fsp3) is 0.278. The van der Waals surface area contributed by atoms with E-state index < -0.39 is 0 Å². The minimum Gasteiger partial charge on any atom is -0.495 e. The van der Waals surface area contributed by atoms with Crippen LogP contribution in [0.2, 0.25) is 5.02 Å². The van der Waals surface area contributed by atoms with Gasteiger partial charge in [-0.15, -0.1) is 11.8 Å². The van der Waals surface area contributed by atoms with Gasteiger partial charge in [-0.1, -0.05) is 30.7 Å². The van der Waals surface area contributed by atoms with E-state index in [4.69, 9.17) is 16.3 Å². The number of nitrogens with zero attached hydrogens (tertiary/aromatic N) is 1. The van der Waals surface area contributed by atoms with Gasteiger partial charge in [0, 0.05) is 21.7 Å². The number of ether oxygens (including phenoxy) is 1. The standard InChI is InChI=1S/C18H19ClN2O2S/c1-3-13-11-21(15-6-4-5-7-17(15)24-13)18(22)20-14-10-12(19)8-9-16(14)23-2/h4-10,13H,3,11H2,1-2H3,(H,20,22)/t13-/m0/s1. The number of anilines is 2. The number of carbonyl (C=O) groups is 1. The zero-order valence-electron chi connectivity index (χ0n) is 13.6. The third-order valence-corrected chi connectivity index (χ3v) is 5.59. The highest BCUT2D eigenvalue weighted by Gasteiger charge is 2.28. The Kier molecular flexibility index (Phi) is 5.21. The van der Waals surface area contributed by atoms with Gasteiger partial charge in [-0.05, 0) is 36.8 Å². The molecule has 0 fully saturated rings. The molecule has 1 aliphatic rings. The average molecular weight is 363 g/mol. The predicted octanol–water partition coefficient (Wildman–Crippen LogP) is 5.27. The van der Waals surface area contributed by atoms with Gasteiger partial charge >= 0.3 is 6.03 Å². The van der Waals surface area contributed by atoms with Crippen LogP contribution in [0.15, 0.2) is 47.4 Å². The van der Waals surface area contributed by atoms with Gasteiger partial charge in [0.15, 0.2) is 0 Å². The lowest BCUT2D eigenvalue weighted by Gasteiger charge is -2.33. The smallest absolute Gasteiger partial charge is 0.326 e. The van der Waals surface area contributed by atoms with Crippen LogP contribution in [0.5, 0.6) is 5.75 Å². The third kappa shape index (κ3) is 3.47. The summed E-state index contributed by atoms with van der Waals surface area (Å²) in [6, 6.07) is 13.0. The Morgan fingerprint density at radius 1 is 1.38 bits per heavy atom. The van der Waals surface area contributed by atoms with Crippen molar-refractivity contribution in [2.45, 2.75) is 23.5 Å². The molecule has 0 aliphatic carbocycles. The number of hydrogen-bond donors (Lipinski definition) is 1. The molecular formula is C18H19ClN2O2S. The number of carbonyl (C=O) groups excluding carboxylic acids is 1. The molecule has 0 radical (unpaired) electrons. The van der Waals surface area contributed by atoms with Crippen molar-refractivity contribution < 1.29 is 9.53 Å². The number of thioether (sulfide) groups is 1. The number of benzene rings is 2. The van der Waals surface area contributed by atoms with Crippen molar-refractivity contribution in [2.24, 2.45) is 0 Å². The van der Waals surface area contributed by atoms with Crippen molar-refractivity contribution in [3.8, 4) is 5.75 Å². The summed E-state index contributed by atoms with van der Waals surface area (Å²) in [6.07, 6.45) is 1.00. The summed E-state index contributed by atoms with van der Waals surface area (Å²) >= 11 is 7.87. The van der Waals surface area contributed by atoms with E-state index in [2.05, 4.69) is 18.3 Å². The number of methoxy groups -OCH3 is 1. The molecule has 0 aromatic heterocycles. The molecule has 1 atom stereocenters. The Labute approximate surface area is 151 Å². The van der Waals surface area contributed by atoms with Crippen LogP contribution in [0.1, 0.15) is 13.3 Å². The van der Waals surface area contributed by atoms with Gasteiger partial charge in [-0.3, -0.25) is 4.90 Å². The summed E-state index contributed by atoms with van der Waals surface area (Å²) in [4.78, 5) is 15.8. The average Bonchev–Trinajstić information content (AvgIpc) is 2.60. The summed E-state index contributed by atoms with van der Waals surface area (Å²) in [6.45, 7) is 2.81. The van der Waals surface area contributed by atoms with Crippen molar-refractivity contribution in [3.05, 3.63) is 47.5 Å². The first-order valence-corrected chi connectivity index (χ1v) is 9.06. The maximum Gasteiger partial charge on any atom is 0.326 e. The lowest BCUT2D eigenvalue weighted by atomic mass is 10.2. The van der Waals surface area contributed by atoms with E-state index in [1.807, 2.05) is 30.0 Å². The molecule has 6 heteroatoms. The zero-order chi connectivity index (χ0) is 17.1. The van der Waals surface area contributed by atoms with Crippen molar-refractivity contribution in [1.29, 1.82) is 0 Å². The highest BCUT2D eigenvalue weighted by atomic mass is 35.5. The second-order valence-corrected chi connectivity index (χ2v) is 7.28. The molecule has 1 N–H and O–H groups in total. The SMILES string of the molecule is CC[C@H]1CN(C(=O)Nc2cc(Cl)ccc2OC)c2ccccc2S1. The van der Waals surface area contributed by atoms with E-state index in [1.54, 1.807) is 30.2 Å². The maximum absolute atomic E-state index is 12.9. The Bertz CT molecular complexity index is 754. The van der Waals surface area contributed by atoms with Crippen molar-refractivity contribution in [2.75, 3.05) is 23.9 Å². The highest BCUT2D eigenvalue weighted by molar-refractivity contribution is 8.00. The molecular weight excluding hydrogens is 344 g/mol. The first-order chi connectivity index (χ1) is 11.6. The van der Waals surface area contributed by atoms with Crippen LogP contribution >= 0.6 is 23.4 Å². The lowest BCUT2D eigenvalue weighted by molar-refractivity contribution is 0.256. The van der Waals surface area contributed by atoms with Gasteiger partial charge in [0.1, 0.15) is 5.75 Å². The van der Waals surface area contributed by atoms with Gasteiger partial charge in [0.05, 0.1) is 18.5 Å². The fourth-order valence-electron chi connectivity index (χ4n) is 2.66. The molecule has 2 aromatic rings. The summed E-state index contributed by atoms with van der Waals surface area (Å²) in [5.41, 5.74) is 1.50. The summed E-state index contributed by atoms with van der Waals surface area (Å²) in [5.74, 6) is 0.583. The van der Waals surface area contributed by atoms with E-state index in [0.717, 1.165) is 17.0 Å². The van der Waals surface area contributed by atoms with Crippen molar-refractivity contribution in [1.82, 2.24) is 0 Å². The van der Waals surface area contributed by atoms with E-state index in [1.165, 1.54) is 0 Å². The quantitative estimate of drug-likeness (QED) is 0.808. The molecule has 2 aromatic carbocycles. The van der Waals surface area contributed by atoms with Crippen LogP contribution < -0.4 is 15.0 Å². The number of halogens is 1. The molecule has 2 amide bonds. The summed E-state index contributed by atoms with van der Waals surface area (Å²) in [5, 5.41) is 3.86. The monoisotopic (exact) mass is 362 g/mol. The molecule has 3 rings (SSSR count). The van der Waals surface area contributed by atoms with E-state index in [0.29, 0.717) is 28.3 Å². The maximum atomic E-state index is 12.9. The number of amides is 2. The topological polar surface area (TPSA) is 41.6 Å². The predicted molar refractivity (Wildman–Crippen MR) is 101 cm³/mol.